The predicted octanol–water partition coefficient (Wildman–Crippen LogP) is 0.571. The zero-order valence-corrected chi connectivity index (χ0v) is 9.47. The van der Waals surface area contributed by atoms with E-state index in [-0.39, 0.29) is 6.61 Å². The van der Waals surface area contributed by atoms with Crippen LogP contribution in [0.4, 0.5) is 0 Å². The van der Waals surface area contributed by atoms with Gasteiger partial charge in [-0.1, -0.05) is 23.7 Å². The molecule has 0 spiro atoms. The zero-order chi connectivity index (χ0) is 12.0. The molecular weight excluding hydrogens is 232 g/mol. The summed E-state index contributed by atoms with van der Waals surface area (Å²) in [6.45, 7) is -0.178. The Morgan fingerprint density at radius 1 is 1.12 bits per heavy atom. The lowest BCUT2D eigenvalue weighted by Crippen LogP contribution is -2.33. The minimum absolute atomic E-state index is 0.0235. The van der Waals surface area contributed by atoms with Crippen LogP contribution in [0.25, 0.3) is 0 Å². The van der Waals surface area contributed by atoms with Crippen LogP contribution in [0.1, 0.15) is 5.56 Å². The first-order chi connectivity index (χ1) is 7.63. The minimum atomic E-state index is -1.16. The number of rotatable bonds is 6. The third-order valence-corrected chi connectivity index (χ3v) is 2.35. The molecule has 0 aliphatic rings. The Kier molecular flexibility index (Phi) is 5.73. The van der Waals surface area contributed by atoms with Crippen LogP contribution < -0.4 is 0 Å². The maximum Gasteiger partial charge on any atom is 0.105 e. The number of benzene rings is 1. The first kappa shape index (κ1) is 13.4. The van der Waals surface area contributed by atoms with Gasteiger partial charge in [0.15, 0.2) is 0 Å². The van der Waals surface area contributed by atoms with E-state index in [2.05, 4.69) is 0 Å². The van der Waals surface area contributed by atoms with E-state index in [1.54, 1.807) is 12.1 Å². The summed E-state index contributed by atoms with van der Waals surface area (Å²) < 4.78 is 5.18. The van der Waals surface area contributed by atoms with Crippen molar-refractivity contribution in [2.45, 2.75) is 18.8 Å². The molecule has 0 aliphatic heterocycles. The summed E-state index contributed by atoms with van der Waals surface area (Å²) in [6.07, 6.45) is -2.23. The van der Waals surface area contributed by atoms with E-state index in [1.807, 2.05) is 12.1 Å². The molecule has 0 radical (unpaired) electrons. The van der Waals surface area contributed by atoms with Crippen molar-refractivity contribution in [3.05, 3.63) is 34.9 Å². The normalized spacial score (nSPS) is 14.8. The van der Waals surface area contributed by atoms with Crippen molar-refractivity contribution >= 4 is 11.6 Å². The van der Waals surface area contributed by atoms with Crippen LogP contribution in [0, 0.1) is 0 Å². The van der Waals surface area contributed by atoms with Crippen molar-refractivity contribution < 1.29 is 20.1 Å². The summed E-state index contributed by atoms with van der Waals surface area (Å²) in [4.78, 5) is 0. The van der Waals surface area contributed by atoms with E-state index in [9.17, 15) is 5.11 Å². The van der Waals surface area contributed by atoms with Crippen molar-refractivity contribution in [2.24, 2.45) is 0 Å². The smallest absolute Gasteiger partial charge is 0.105 e. The topological polar surface area (TPSA) is 69.9 Å². The Hall–Kier alpha value is -0.650. The van der Waals surface area contributed by atoms with Gasteiger partial charge in [0.25, 0.3) is 0 Å². The molecule has 90 valence electrons. The average molecular weight is 247 g/mol. The molecule has 4 nitrogen and oxygen atoms in total. The van der Waals surface area contributed by atoms with E-state index in [0.717, 1.165) is 5.56 Å². The Balaban J connectivity index is 2.27. The highest BCUT2D eigenvalue weighted by Gasteiger charge is 2.14. The maximum absolute atomic E-state index is 9.28. The molecule has 0 amide bonds. The van der Waals surface area contributed by atoms with Gasteiger partial charge in [-0.2, -0.15) is 0 Å². The van der Waals surface area contributed by atoms with Crippen LogP contribution in [0.5, 0.6) is 0 Å². The zero-order valence-electron chi connectivity index (χ0n) is 8.71. The summed E-state index contributed by atoms with van der Waals surface area (Å²) in [5.41, 5.74) is 0.926. The number of aliphatic hydroxyl groups excluding tert-OH is 3. The van der Waals surface area contributed by atoms with Crippen molar-refractivity contribution in [1.29, 1.82) is 0 Å². The van der Waals surface area contributed by atoms with Gasteiger partial charge in [-0.25, -0.2) is 0 Å². The molecule has 2 atom stereocenters. The number of hydrogen-bond acceptors (Lipinski definition) is 4. The number of hydrogen-bond donors (Lipinski definition) is 3. The standard InChI is InChI=1S/C11H15ClO4/c12-9-3-1-8(2-4-9)6-16-7-11(15)10(14)5-13/h1-4,10-11,13-15H,5-7H2/t10-,11-/m1/s1. The Morgan fingerprint density at radius 3 is 2.31 bits per heavy atom. The fourth-order valence-electron chi connectivity index (χ4n) is 1.11. The van der Waals surface area contributed by atoms with Crippen LogP contribution >= 0.6 is 11.6 Å². The lowest BCUT2D eigenvalue weighted by atomic mass is 10.2. The molecule has 0 heterocycles. The lowest BCUT2D eigenvalue weighted by Gasteiger charge is -2.15. The molecule has 0 unspecified atom stereocenters. The highest BCUT2D eigenvalue weighted by molar-refractivity contribution is 6.30. The average Bonchev–Trinajstić information content (AvgIpc) is 2.30. The quantitative estimate of drug-likeness (QED) is 0.687. The second-order valence-electron chi connectivity index (χ2n) is 3.46. The molecule has 0 saturated carbocycles. The molecule has 3 N–H and O–H groups in total. The van der Waals surface area contributed by atoms with Gasteiger partial charge in [0.05, 0.1) is 19.8 Å². The molecule has 0 fully saturated rings. The summed E-state index contributed by atoms with van der Waals surface area (Å²) in [5.74, 6) is 0. The second-order valence-corrected chi connectivity index (χ2v) is 3.90. The Morgan fingerprint density at radius 2 is 1.75 bits per heavy atom. The highest BCUT2D eigenvalue weighted by atomic mass is 35.5. The van der Waals surface area contributed by atoms with Crippen LogP contribution in [-0.2, 0) is 11.3 Å². The third-order valence-electron chi connectivity index (χ3n) is 2.10. The van der Waals surface area contributed by atoms with Gasteiger partial charge in [-0.15, -0.1) is 0 Å². The van der Waals surface area contributed by atoms with Crippen molar-refractivity contribution in [3.63, 3.8) is 0 Å². The first-order valence-corrected chi connectivity index (χ1v) is 5.30. The van der Waals surface area contributed by atoms with Crippen LogP contribution in [0.15, 0.2) is 24.3 Å². The molecule has 1 aromatic rings. The van der Waals surface area contributed by atoms with Crippen LogP contribution in [0.3, 0.4) is 0 Å². The largest absolute Gasteiger partial charge is 0.394 e. The van der Waals surface area contributed by atoms with E-state index in [0.29, 0.717) is 11.6 Å². The molecule has 0 aliphatic carbocycles. The second kappa shape index (κ2) is 6.83. The van der Waals surface area contributed by atoms with Gasteiger partial charge in [0.2, 0.25) is 0 Å². The molecule has 16 heavy (non-hydrogen) atoms. The Labute approximate surface area is 99.1 Å². The molecule has 0 bridgehead atoms. The van der Waals surface area contributed by atoms with Gasteiger partial charge < -0.3 is 20.1 Å². The molecule has 0 saturated heterocycles. The van der Waals surface area contributed by atoms with E-state index < -0.39 is 18.8 Å². The van der Waals surface area contributed by atoms with E-state index >= 15 is 0 Å². The predicted molar refractivity (Wildman–Crippen MR) is 60.2 cm³/mol. The molecule has 1 rings (SSSR count). The minimum Gasteiger partial charge on any atom is -0.394 e. The molecule has 0 aromatic heterocycles. The lowest BCUT2D eigenvalue weighted by molar-refractivity contribution is -0.0600. The van der Waals surface area contributed by atoms with E-state index in [4.69, 9.17) is 26.6 Å². The molecule has 5 heteroatoms. The molecular formula is C11H15ClO4. The summed E-state index contributed by atoms with van der Waals surface area (Å²) in [6, 6.07) is 7.13. The van der Waals surface area contributed by atoms with Gasteiger partial charge in [0, 0.05) is 5.02 Å². The summed E-state index contributed by atoms with van der Waals surface area (Å²) in [7, 11) is 0. The fraction of sp³-hybridized carbons (Fsp3) is 0.455. The number of aliphatic hydroxyl groups is 3. The fourth-order valence-corrected chi connectivity index (χ4v) is 1.24. The van der Waals surface area contributed by atoms with E-state index in [1.165, 1.54) is 0 Å². The summed E-state index contributed by atoms with van der Waals surface area (Å²) in [5, 5.41) is 27.6. The van der Waals surface area contributed by atoms with Crippen molar-refractivity contribution in [3.8, 4) is 0 Å². The van der Waals surface area contributed by atoms with Gasteiger partial charge in [-0.3, -0.25) is 0 Å². The third kappa shape index (κ3) is 4.47. The Bertz CT molecular complexity index is 301. The van der Waals surface area contributed by atoms with Crippen molar-refractivity contribution in [2.75, 3.05) is 13.2 Å². The highest BCUT2D eigenvalue weighted by Crippen LogP contribution is 2.10. The van der Waals surface area contributed by atoms with Gasteiger partial charge >= 0.3 is 0 Å². The summed E-state index contributed by atoms with van der Waals surface area (Å²) >= 11 is 5.71. The SMILES string of the molecule is OC[C@@H](O)[C@H](O)COCc1ccc(Cl)cc1. The van der Waals surface area contributed by atoms with Gasteiger partial charge in [0.1, 0.15) is 12.2 Å². The number of ether oxygens (including phenoxy) is 1. The number of halogens is 1. The monoisotopic (exact) mass is 246 g/mol. The maximum atomic E-state index is 9.28. The van der Waals surface area contributed by atoms with Gasteiger partial charge in [-0.05, 0) is 17.7 Å². The molecule has 1 aromatic carbocycles. The van der Waals surface area contributed by atoms with Crippen LogP contribution in [0.2, 0.25) is 5.02 Å². The van der Waals surface area contributed by atoms with Crippen LogP contribution in [-0.4, -0.2) is 40.7 Å². The van der Waals surface area contributed by atoms with Crippen molar-refractivity contribution in [1.82, 2.24) is 0 Å². The first-order valence-electron chi connectivity index (χ1n) is 4.92.